The van der Waals surface area contributed by atoms with Crippen molar-refractivity contribution < 1.29 is 22.0 Å². The minimum Gasteiger partial charge on any atom is -0.337 e. The molecule has 0 aromatic heterocycles. The van der Waals surface area contributed by atoms with Crippen molar-refractivity contribution in [3.63, 3.8) is 0 Å². The van der Waals surface area contributed by atoms with Crippen LogP contribution in [0.25, 0.3) is 0 Å². The normalized spacial score (nSPS) is 16.2. The zero-order valence-electron chi connectivity index (χ0n) is 12.2. The second kappa shape index (κ2) is 7.69. The van der Waals surface area contributed by atoms with Crippen LogP contribution in [0.2, 0.25) is 0 Å². The van der Waals surface area contributed by atoms with E-state index in [9.17, 15) is 22.0 Å². The SMILES string of the molecule is CC(C)NS(=O)(=O)CCNC(=O)N1CCC(=C(F)F)CC1. The number of nitrogens with zero attached hydrogens (tertiary/aromatic N) is 1. The van der Waals surface area contributed by atoms with Crippen LogP contribution in [-0.4, -0.2) is 50.8 Å². The molecule has 0 spiro atoms. The van der Waals surface area contributed by atoms with E-state index in [-0.39, 0.29) is 49.8 Å². The number of urea groups is 1. The summed E-state index contributed by atoms with van der Waals surface area (Å²) in [5.74, 6) is -0.213. The topological polar surface area (TPSA) is 78.5 Å². The molecule has 1 saturated heterocycles. The molecule has 1 aliphatic heterocycles. The molecule has 0 atom stereocenters. The summed E-state index contributed by atoms with van der Waals surface area (Å²) in [6.07, 6.45) is -1.35. The molecule has 2 N–H and O–H groups in total. The average molecular weight is 325 g/mol. The number of carbonyl (C=O) groups is 1. The first-order chi connectivity index (χ1) is 9.71. The van der Waals surface area contributed by atoms with Crippen LogP contribution in [0.3, 0.4) is 0 Å². The Balaban J connectivity index is 2.34. The molecule has 0 aromatic carbocycles. The third-order valence-corrected chi connectivity index (χ3v) is 4.56. The van der Waals surface area contributed by atoms with Gasteiger partial charge in [-0.15, -0.1) is 0 Å². The second-order valence-corrected chi connectivity index (χ2v) is 7.05. The molecule has 122 valence electrons. The molecule has 9 heteroatoms. The summed E-state index contributed by atoms with van der Waals surface area (Å²) in [6.45, 7) is 3.83. The standard InChI is InChI=1S/C12H21F2N3O3S/c1-9(2)16-21(19,20)8-5-15-12(18)17-6-3-10(4-7-17)11(13)14/h9,16H,3-8H2,1-2H3,(H,15,18). The number of likely N-dealkylation sites (tertiary alicyclic amines) is 1. The Bertz CT molecular complexity index is 492. The summed E-state index contributed by atoms with van der Waals surface area (Å²) in [7, 11) is -3.42. The fourth-order valence-corrected chi connectivity index (χ4v) is 3.20. The molecule has 6 nitrogen and oxygen atoms in total. The molecule has 0 aliphatic carbocycles. The van der Waals surface area contributed by atoms with E-state index < -0.39 is 22.1 Å². The highest BCUT2D eigenvalue weighted by molar-refractivity contribution is 7.89. The van der Waals surface area contributed by atoms with Gasteiger partial charge < -0.3 is 10.2 Å². The first-order valence-corrected chi connectivity index (χ1v) is 8.42. The van der Waals surface area contributed by atoms with Crippen molar-refractivity contribution in [2.24, 2.45) is 0 Å². The lowest BCUT2D eigenvalue weighted by atomic mass is 10.1. The Morgan fingerprint density at radius 3 is 2.33 bits per heavy atom. The lowest BCUT2D eigenvalue weighted by molar-refractivity contribution is 0.192. The maximum Gasteiger partial charge on any atom is 0.317 e. The summed E-state index contributed by atoms with van der Waals surface area (Å²) in [5.41, 5.74) is 0.0859. The van der Waals surface area contributed by atoms with Crippen LogP contribution in [-0.2, 0) is 10.0 Å². The third kappa shape index (κ3) is 6.38. The van der Waals surface area contributed by atoms with Crippen molar-refractivity contribution in [3.8, 4) is 0 Å². The maximum atomic E-state index is 12.4. The summed E-state index contributed by atoms with van der Waals surface area (Å²) in [5, 5.41) is 2.49. The molecular weight excluding hydrogens is 304 g/mol. The van der Waals surface area contributed by atoms with Crippen LogP contribution in [0.15, 0.2) is 11.7 Å². The van der Waals surface area contributed by atoms with Crippen LogP contribution in [0.1, 0.15) is 26.7 Å². The lowest BCUT2D eigenvalue weighted by Crippen LogP contribution is -2.45. The summed E-state index contributed by atoms with van der Waals surface area (Å²) >= 11 is 0. The van der Waals surface area contributed by atoms with Gasteiger partial charge in [-0.05, 0) is 32.3 Å². The molecule has 1 fully saturated rings. The van der Waals surface area contributed by atoms with Crippen LogP contribution in [0.4, 0.5) is 13.6 Å². The Morgan fingerprint density at radius 2 is 1.86 bits per heavy atom. The predicted octanol–water partition coefficient (Wildman–Crippen LogP) is 1.27. The first-order valence-electron chi connectivity index (χ1n) is 6.77. The number of halogens is 2. The number of piperidine rings is 1. The van der Waals surface area contributed by atoms with Crippen LogP contribution >= 0.6 is 0 Å². The zero-order valence-corrected chi connectivity index (χ0v) is 13.0. The second-order valence-electron chi connectivity index (χ2n) is 5.17. The third-order valence-electron chi connectivity index (χ3n) is 2.98. The molecule has 0 bridgehead atoms. The smallest absolute Gasteiger partial charge is 0.317 e. The van der Waals surface area contributed by atoms with E-state index in [1.54, 1.807) is 13.8 Å². The summed E-state index contributed by atoms with van der Waals surface area (Å²) in [6, 6.07) is -0.623. The van der Waals surface area contributed by atoms with Gasteiger partial charge in [-0.25, -0.2) is 17.9 Å². The Hall–Kier alpha value is -1.22. The summed E-state index contributed by atoms with van der Waals surface area (Å²) in [4.78, 5) is 13.2. The predicted molar refractivity (Wildman–Crippen MR) is 75.5 cm³/mol. The number of nitrogens with one attached hydrogen (secondary N) is 2. The highest BCUT2D eigenvalue weighted by atomic mass is 32.2. The van der Waals surface area contributed by atoms with Crippen molar-refractivity contribution in [1.29, 1.82) is 0 Å². The van der Waals surface area contributed by atoms with Gasteiger partial charge in [0.25, 0.3) is 6.08 Å². The maximum absolute atomic E-state index is 12.4. The number of hydrogen-bond donors (Lipinski definition) is 2. The van der Waals surface area contributed by atoms with Gasteiger partial charge in [-0.3, -0.25) is 0 Å². The Labute approximate surface area is 123 Å². The molecule has 0 saturated carbocycles. The van der Waals surface area contributed by atoms with E-state index in [1.165, 1.54) is 4.90 Å². The van der Waals surface area contributed by atoms with Crippen molar-refractivity contribution in [2.75, 3.05) is 25.4 Å². The first kappa shape index (κ1) is 17.8. The highest BCUT2D eigenvalue weighted by Gasteiger charge is 2.21. The van der Waals surface area contributed by atoms with Gasteiger partial charge in [0.1, 0.15) is 0 Å². The fourth-order valence-electron chi connectivity index (χ4n) is 1.99. The number of amides is 2. The number of sulfonamides is 1. The van der Waals surface area contributed by atoms with Crippen LogP contribution in [0.5, 0.6) is 0 Å². The Morgan fingerprint density at radius 1 is 1.29 bits per heavy atom. The molecule has 0 aromatic rings. The monoisotopic (exact) mass is 325 g/mol. The van der Waals surface area contributed by atoms with E-state index in [2.05, 4.69) is 10.0 Å². The van der Waals surface area contributed by atoms with Crippen molar-refractivity contribution in [1.82, 2.24) is 14.9 Å². The molecular formula is C12H21F2N3O3S. The molecule has 2 amide bonds. The number of carbonyl (C=O) groups excluding carboxylic acids is 1. The molecule has 1 rings (SSSR count). The van der Waals surface area contributed by atoms with E-state index >= 15 is 0 Å². The summed E-state index contributed by atoms with van der Waals surface area (Å²) < 4.78 is 50.3. The Kier molecular flexibility index (Phi) is 6.53. The van der Waals surface area contributed by atoms with Crippen molar-refractivity contribution in [2.45, 2.75) is 32.7 Å². The minimum absolute atomic E-state index is 0.0163. The minimum atomic E-state index is -3.42. The van der Waals surface area contributed by atoms with Gasteiger partial charge in [0.2, 0.25) is 10.0 Å². The molecule has 21 heavy (non-hydrogen) atoms. The molecule has 0 radical (unpaired) electrons. The van der Waals surface area contributed by atoms with Gasteiger partial charge in [0, 0.05) is 25.7 Å². The van der Waals surface area contributed by atoms with Gasteiger partial charge in [-0.1, -0.05) is 0 Å². The lowest BCUT2D eigenvalue weighted by Gasteiger charge is -2.28. The molecule has 1 aliphatic rings. The van der Waals surface area contributed by atoms with Crippen LogP contribution in [0, 0.1) is 0 Å². The van der Waals surface area contributed by atoms with Crippen molar-refractivity contribution >= 4 is 16.1 Å². The average Bonchev–Trinajstić information content (AvgIpc) is 2.36. The number of hydrogen-bond acceptors (Lipinski definition) is 3. The van der Waals surface area contributed by atoms with E-state index in [0.717, 1.165) is 0 Å². The van der Waals surface area contributed by atoms with Gasteiger partial charge in [0.15, 0.2) is 0 Å². The van der Waals surface area contributed by atoms with E-state index in [4.69, 9.17) is 0 Å². The van der Waals surface area contributed by atoms with E-state index in [1.807, 2.05) is 0 Å². The van der Waals surface area contributed by atoms with Gasteiger partial charge in [-0.2, -0.15) is 8.78 Å². The van der Waals surface area contributed by atoms with Gasteiger partial charge in [0.05, 0.1) is 5.75 Å². The quantitative estimate of drug-likeness (QED) is 0.799. The molecule has 1 heterocycles. The zero-order chi connectivity index (χ0) is 16.0. The molecule has 0 unspecified atom stereocenters. The van der Waals surface area contributed by atoms with E-state index in [0.29, 0.717) is 0 Å². The fraction of sp³-hybridized carbons (Fsp3) is 0.750. The van der Waals surface area contributed by atoms with Gasteiger partial charge >= 0.3 is 6.03 Å². The number of rotatable bonds is 5. The van der Waals surface area contributed by atoms with Crippen molar-refractivity contribution in [3.05, 3.63) is 11.7 Å². The highest BCUT2D eigenvalue weighted by Crippen LogP contribution is 2.21. The van der Waals surface area contributed by atoms with Crippen LogP contribution < -0.4 is 10.0 Å². The largest absolute Gasteiger partial charge is 0.337 e.